The van der Waals surface area contributed by atoms with Crippen LogP contribution in [-0.2, 0) is 13.7 Å². The second-order valence-electron chi connectivity index (χ2n) is 7.25. The molecule has 1 aromatic heterocycles. The van der Waals surface area contributed by atoms with Gasteiger partial charge in [-0.3, -0.25) is 0 Å². The molecule has 1 heterocycles. The highest BCUT2D eigenvalue weighted by Gasteiger charge is 2.14. The predicted octanol–water partition coefficient (Wildman–Crippen LogP) is 3.54. The number of rotatable bonds is 7. The summed E-state index contributed by atoms with van der Waals surface area (Å²) >= 11 is 0. The van der Waals surface area contributed by atoms with E-state index in [1.807, 2.05) is 67.6 Å². The monoisotopic (exact) mass is 432 g/mol. The molecule has 0 unspecified atom stereocenters. The van der Waals surface area contributed by atoms with Gasteiger partial charge in [-0.2, -0.15) is 9.36 Å². The molecule has 3 aromatic carbocycles. The third kappa shape index (κ3) is 4.07. The number of hydrogen-bond donors (Lipinski definition) is 0. The van der Waals surface area contributed by atoms with Gasteiger partial charge >= 0.3 is 5.69 Å². The van der Waals surface area contributed by atoms with E-state index in [1.165, 1.54) is 9.36 Å². The van der Waals surface area contributed by atoms with E-state index in [4.69, 9.17) is 14.2 Å². The maximum Gasteiger partial charge on any atom is 0.368 e. The van der Waals surface area contributed by atoms with E-state index in [-0.39, 0.29) is 12.3 Å². The number of aryl methyl sites for hydroxylation is 2. The molecule has 0 saturated heterocycles. The van der Waals surface area contributed by atoms with E-state index < -0.39 is 0 Å². The van der Waals surface area contributed by atoms with Crippen molar-refractivity contribution in [2.24, 2.45) is 7.05 Å². The van der Waals surface area contributed by atoms with Crippen molar-refractivity contribution in [3.8, 4) is 34.1 Å². The van der Waals surface area contributed by atoms with Gasteiger partial charge in [-0.15, -0.1) is 0 Å². The zero-order valence-corrected chi connectivity index (χ0v) is 18.4. The maximum atomic E-state index is 12.4. The Morgan fingerprint density at radius 2 is 1.72 bits per heavy atom. The third-order valence-corrected chi connectivity index (χ3v) is 5.27. The lowest BCUT2D eigenvalue weighted by Crippen LogP contribution is -2.23. The highest BCUT2D eigenvalue weighted by Crippen LogP contribution is 2.35. The van der Waals surface area contributed by atoms with Crippen LogP contribution in [-0.4, -0.2) is 34.0 Å². The van der Waals surface area contributed by atoms with Crippen LogP contribution in [0.25, 0.3) is 16.8 Å². The largest absolute Gasteiger partial charge is 0.497 e. The van der Waals surface area contributed by atoms with Gasteiger partial charge in [0.05, 0.1) is 19.9 Å². The van der Waals surface area contributed by atoms with Gasteiger partial charge in [0, 0.05) is 18.2 Å². The molecule has 0 spiro atoms. The van der Waals surface area contributed by atoms with Crippen LogP contribution in [0.5, 0.6) is 17.2 Å². The van der Waals surface area contributed by atoms with E-state index in [9.17, 15) is 4.79 Å². The summed E-state index contributed by atoms with van der Waals surface area (Å²) in [6.45, 7) is 2.23. The van der Waals surface area contributed by atoms with Gasteiger partial charge in [-0.25, -0.2) is 4.79 Å². The minimum absolute atomic E-state index is 0.259. The first-order chi connectivity index (χ1) is 15.5. The van der Waals surface area contributed by atoms with E-state index in [0.29, 0.717) is 11.4 Å². The van der Waals surface area contributed by atoms with E-state index in [0.717, 1.165) is 33.8 Å². The first-order valence-corrected chi connectivity index (χ1v) is 10.0. The molecule has 0 aliphatic heterocycles. The van der Waals surface area contributed by atoms with Gasteiger partial charge in [0.2, 0.25) is 0 Å². The Labute approximate surface area is 185 Å². The van der Waals surface area contributed by atoms with E-state index in [2.05, 4.69) is 10.4 Å². The van der Waals surface area contributed by atoms with Crippen LogP contribution in [0.15, 0.2) is 65.5 Å². The fraction of sp³-hybridized carbons (Fsp3) is 0.208. The highest BCUT2D eigenvalue weighted by atomic mass is 16.5. The first-order valence-electron chi connectivity index (χ1n) is 10.0. The Morgan fingerprint density at radius 1 is 0.906 bits per heavy atom. The minimum atomic E-state index is -0.318. The summed E-state index contributed by atoms with van der Waals surface area (Å²) in [4.78, 5) is 12.4. The van der Waals surface area contributed by atoms with Crippen molar-refractivity contribution < 1.29 is 14.2 Å². The lowest BCUT2D eigenvalue weighted by molar-refractivity contribution is 0.304. The quantitative estimate of drug-likeness (QED) is 0.444. The van der Waals surface area contributed by atoms with Crippen molar-refractivity contribution in [2.45, 2.75) is 13.5 Å². The van der Waals surface area contributed by atoms with Gasteiger partial charge in [0.15, 0.2) is 0 Å². The van der Waals surface area contributed by atoms with Gasteiger partial charge < -0.3 is 14.2 Å². The van der Waals surface area contributed by atoms with Crippen molar-refractivity contribution in [3.05, 3.63) is 82.3 Å². The number of methoxy groups -OCH3 is 2. The molecular weight excluding hydrogens is 408 g/mol. The Bertz CT molecular complexity index is 1310. The lowest BCUT2D eigenvalue weighted by atomic mass is 10.0. The average molecular weight is 432 g/mol. The predicted molar refractivity (Wildman–Crippen MR) is 121 cm³/mol. The van der Waals surface area contributed by atoms with Crippen molar-refractivity contribution in [3.63, 3.8) is 0 Å². The van der Waals surface area contributed by atoms with Gasteiger partial charge in [0.25, 0.3) is 0 Å². The van der Waals surface area contributed by atoms with E-state index in [1.54, 1.807) is 21.3 Å². The number of nitrogens with zero attached hydrogens (tertiary/aromatic N) is 4. The van der Waals surface area contributed by atoms with Crippen LogP contribution in [0.1, 0.15) is 11.1 Å². The SMILES string of the molecule is COc1cccc(-c2cc(OCc3c(C)cccc3-n3nnn(C)c3=O)ccc2OC)c1. The highest BCUT2D eigenvalue weighted by molar-refractivity contribution is 5.73. The molecule has 0 bridgehead atoms. The van der Waals surface area contributed by atoms with Crippen molar-refractivity contribution >= 4 is 0 Å². The number of hydrogen-bond acceptors (Lipinski definition) is 6. The Balaban J connectivity index is 1.67. The number of ether oxygens (including phenoxy) is 3. The Morgan fingerprint density at radius 3 is 2.44 bits per heavy atom. The fourth-order valence-corrected chi connectivity index (χ4v) is 3.49. The molecule has 164 valence electrons. The molecule has 0 atom stereocenters. The normalized spacial score (nSPS) is 10.8. The first kappa shape index (κ1) is 21.2. The van der Waals surface area contributed by atoms with Crippen LogP contribution >= 0.6 is 0 Å². The van der Waals surface area contributed by atoms with Crippen LogP contribution in [0.3, 0.4) is 0 Å². The van der Waals surface area contributed by atoms with Crippen molar-refractivity contribution in [1.82, 2.24) is 19.8 Å². The summed E-state index contributed by atoms with van der Waals surface area (Å²) in [7, 11) is 4.84. The molecule has 0 N–H and O–H groups in total. The molecule has 0 aliphatic rings. The summed E-state index contributed by atoms with van der Waals surface area (Å²) in [5.41, 5.74) is 4.01. The Kier molecular flexibility index (Phi) is 5.93. The van der Waals surface area contributed by atoms with Gasteiger partial charge in [-0.05, 0) is 64.9 Å². The lowest BCUT2D eigenvalue weighted by Gasteiger charge is -2.15. The smallest absolute Gasteiger partial charge is 0.368 e. The molecule has 4 rings (SSSR count). The van der Waals surface area contributed by atoms with Crippen LogP contribution < -0.4 is 19.9 Å². The molecule has 0 aliphatic carbocycles. The summed E-state index contributed by atoms with van der Waals surface area (Å²) < 4.78 is 19.5. The van der Waals surface area contributed by atoms with Crippen LogP contribution in [0, 0.1) is 6.92 Å². The van der Waals surface area contributed by atoms with E-state index >= 15 is 0 Å². The second-order valence-corrected chi connectivity index (χ2v) is 7.25. The standard InChI is InChI=1S/C24H24N4O4/c1-16-7-5-10-22(28-24(29)27(2)25-26-28)21(16)15-32-19-11-12-23(31-4)20(14-19)17-8-6-9-18(13-17)30-3/h5-14H,15H2,1-4H3. The minimum Gasteiger partial charge on any atom is -0.497 e. The third-order valence-electron chi connectivity index (χ3n) is 5.27. The fourth-order valence-electron chi connectivity index (χ4n) is 3.49. The molecule has 8 nitrogen and oxygen atoms in total. The number of benzene rings is 3. The van der Waals surface area contributed by atoms with Crippen molar-refractivity contribution in [1.29, 1.82) is 0 Å². The number of aromatic nitrogens is 4. The average Bonchev–Trinajstić information content (AvgIpc) is 3.16. The summed E-state index contributed by atoms with van der Waals surface area (Å²) in [5.74, 6) is 2.16. The summed E-state index contributed by atoms with van der Waals surface area (Å²) in [6.07, 6.45) is 0. The van der Waals surface area contributed by atoms with Crippen LogP contribution in [0.4, 0.5) is 0 Å². The molecule has 4 aromatic rings. The second kappa shape index (κ2) is 8.97. The number of tetrazole rings is 1. The summed E-state index contributed by atoms with van der Waals surface area (Å²) in [5, 5.41) is 7.78. The Hall–Kier alpha value is -4.07. The molecule has 32 heavy (non-hydrogen) atoms. The molecule has 0 fully saturated rings. The molecule has 0 saturated carbocycles. The zero-order chi connectivity index (χ0) is 22.7. The maximum absolute atomic E-state index is 12.4. The molecule has 0 radical (unpaired) electrons. The summed E-state index contributed by atoms with van der Waals surface area (Å²) in [6, 6.07) is 19.1. The van der Waals surface area contributed by atoms with Gasteiger partial charge in [-0.1, -0.05) is 24.3 Å². The molecule has 0 amide bonds. The zero-order valence-electron chi connectivity index (χ0n) is 18.4. The molecular formula is C24H24N4O4. The topological polar surface area (TPSA) is 80.4 Å². The van der Waals surface area contributed by atoms with Crippen molar-refractivity contribution in [2.75, 3.05) is 14.2 Å². The van der Waals surface area contributed by atoms with Crippen LogP contribution in [0.2, 0.25) is 0 Å². The van der Waals surface area contributed by atoms with Gasteiger partial charge in [0.1, 0.15) is 23.9 Å². The molecule has 8 heteroatoms.